The SMILES string of the molecule is CCCCCCC(=O)CCCNC(=O)NC1CCCCC1. The number of unbranched alkanes of at least 4 members (excludes halogenated alkanes) is 3. The van der Waals surface area contributed by atoms with E-state index in [1.54, 1.807) is 0 Å². The average molecular weight is 296 g/mol. The first-order chi connectivity index (χ1) is 10.2. The Bertz CT molecular complexity index is 299. The third-order valence-electron chi connectivity index (χ3n) is 4.17. The third-order valence-corrected chi connectivity index (χ3v) is 4.17. The summed E-state index contributed by atoms with van der Waals surface area (Å²) < 4.78 is 0. The molecule has 1 rings (SSSR count). The van der Waals surface area contributed by atoms with Crippen LogP contribution in [0.5, 0.6) is 0 Å². The number of rotatable bonds is 10. The molecule has 0 unspecified atom stereocenters. The molecule has 1 aliphatic rings. The Morgan fingerprint density at radius 1 is 0.952 bits per heavy atom. The van der Waals surface area contributed by atoms with Crippen molar-refractivity contribution < 1.29 is 9.59 Å². The lowest BCUT2D eigenvalue weighted by atomic mass is 9.96. The molecule has 4 nitrogen and oxygen atoms in total. The number of carbonyl (C=O) groups excluding carboxylic acids is 2. The Labute approximate surface area is 129 Å². The van der Waals surface area contributed by atoms with Gasteiger partial charge < -0.3 is 10.6 Å². The predicted molar refractivity (Wildman–Crippen MR) is 86.4 cm³/mol. The average Bonchev–Trinajstić information content (AvgIpc) is 2.49. The molecule has 0 radical (unpaired) electrons. The molecule has 21 heavy (non-hydrogen) atoms. The van der Waals surface area contributed by atoms with Gasteiger partial charge in [-0.15, -0.1) is 0 Å². The number of nitrogens with one attached hydrogen (secondary N) is 2. The van der Waals surface area contributed by atoms with Crippen LogP contribution in [0.3, 0.4) is 0 Å². The van der Waals surface area contributed by atoms with Crippen molar-refractivity contribution in [2.45, 2.75) is 90.0 Å². The lowest BCUT2D eigenvalue weighted by Gasteiger charge is -2.22. The van der Waals surface area contributed by atoms with Crippen molar-refractivity contribution in [3.8, 4) is 0 Å². The van der Waals surface area contributed by atoms with Gasteiger partial charge in [0.25, 0.3) is 0 Å². The Kier molecular flexibility index (Phi) is 9.92. The van der Waals surface area contributed by atoms with Crippen LogP contribution in [0.25, 0.3) is 0 Å². The summed E-state index contributed by atoms with van der Waals surface area (Å²) in [6.07, 6.45) is 12.6. The van der Waals surface area contributed by atoms with E-state index in [1.807, 2.05) is 0 Å². The highest BCUT2D eigenvalue weighted by Crippen LogP contribution is 2.17. The van der Waals surface area contributed by atoms with Crippen molar-refractivity contribution in [3.05, 3.63) is 0 Å². The number of carbonyl (C=O) groups is 2. The summed E-state index contributed by atoms with van der Waals surface area (Å²) in [6, 6.07) is 0.274. The lowest BCUT2D eigenvalue weighted by molar-refractivity contribution is -0.119. The first-order valence-electron chi connectivity index (χ1n) is 8.78. The van der Waals surface area contributed by atoms with Crippen LogP contribution in [-0.2, 0) is 4.79 Å². The molecule has 2 N–H and O–H groups in total. The van der Waals surface area contributed by atoms with Crippen LogP contribution in [0.4, 0.5) is 4.79 Å². The summed E-state index contributed by atoms with van der Waals surface area (Å²) in [6.45, 7) is 2.77. The summed E-state index contributed by atoms with van der Waals surface area (Å²) in [4.78, 5) is 23.3. The van der Waals surface area contributed by atoms with E-state index in [4.69, 9.17) is 0 Å². The largest absolute Gasteiger partial charge is 0.338 e. The Balaban J connectivity index is 1.95. The van der Waals surface area contributed by atoms with E-state index < -0.39 is 0 Å². The van der Waals surface area contributed by atoms with Crippen LogP contribution in [0.1, 0.15) is 84.0 Å². The van der Waals surface area contributed by atoms with Crippen LogP contribution in [0.2, 0.25) is 0 Å². The normalized spacial score (nSPS) is 15.7. The van der Waals surface area contributed by atoms with Gasteiger partial charge in [-0.1, -0.05) is 45.4 Å². The molecule has 0 bridgehead atoms. The van der Waals surface area contributed by atoms with E-state index in [-0.39, 0.29) is 6.03 Å². The predicted octanol–water partition coefficient (Wildman–Crippen LogP) is 3.94. The molecule has 0 aromatic heterocycles. The second-order valence-corrected chi connectivity index (χ2v) is 6.19. The zero-order valence-electron chi connectivity index (χ0n) is 13.6. The molecule has 1 fully saturated rings. The van der Waals surface area contributed by atoms with Gasteiger partial charge in [-0.05, 0) is 25.7 Å². The summed E-state index contributed by atoms with van der Waals surface area (Å²) in [5, 5.41) is 5.88. The number of urea groups is 1. The van der Waals surface area contributed by atoms with E-state index >= 15 is 0 Å². The van der Waals surface area contributed by atoms with Crippen LogP contribution in [-0.4, -0.2) is 24.4 Å². The molecule has 1 saturated carbocycles. The quantitative estimate of drug-likeness (QED) is 0.600. The van der Waals surface area contributed by atoms with E-state index in [0.29, 0.717) is 31.2 Å². The summed E-state index contributed by atoms with van der Waals surface area (Å²) in [7, 11) is 0. The molecule has 1 aliphatic carbocycles. The number of amides is 2. The second kappa shape index (κ2) is 11.6. The van der Waals surface area contributed by atoms with Crippen molar-refractivity contribution in [2.24, 2.45) is 0 Å². The molecular formula is C17H32N2O2. The van der Waals surface area contributed by atoms with Crippen molar-refractivity contribution in [1.29, 1.82) is 0 Å². The van der Waals surface area contributed by atoms with E-state index in [0.717, 1.165) is 32.1 Å². The van der Waals surface area contributed by atoms with Gasteiger partial charge in [0.2, 0.25) is 0 Å². The van der Waals surface area contributed by atoms with Gasteiger partial charge in [0.05, 0.1) is 0 Å². The molecular weight excluding hydrogens is 264 g/mol. The number of ketones is 1. The highest BCUT2D eigenvalue weighted by atomic mass is 16.2. The molecule has 0 aromatic carbocycles. The minimum atomic E-state index is -0.0719. The van der Waals surface area contributed by atoms with Crippen LogP contribution >= 0.6 is 0 Å². The van der Waals surface area contributed by atoms with Gasteiger partial charge in [0.1, 0.15) is 5.78 Å². The summed E-state index contributed by atoms with van der Waals surface area (Å²) in [5.41, 5.74) is 0. The molecule has 0 aliphatic heterocycles. The van der Waals surface area contributed by atoms with E-state index in [9.17, 15) is 9.59 Å². The molecule has 0 aromatic rings. The van der Waals surface area contributed by atoms with E-state index in [1.165, 1.54) is 32.1 Å². The standard InChI is InChI=1S/C17H32N2O2/c1-2-3-4-8-12-16(20)13-9-14-18-17(21)19-15-10-6-5-7-11-15/h15H,2-14H2,1H3,(H2,18,19,21). The van der Waals surface area contributed by atoms with Gasteiger partial charge in [-0.25, -0.2) is 4.79 Å². The minimum Gasteiger partial charge on any atom is -0.338 e. The maximum absolute atomic E-state index is 11.7. The number of Topliss-reactive ketones (excluding diaryl/α,β-unsaturated/α-hetero) is 1. The highest BCUT2D eigenvalue weighted by Gasteiger charge is 2.15. The van der Waals surface area contributed by atoms with Crippen molar-refractivity contribution >= 4 is 11.8 Å². The molecule has 0 spiro atoms. The second-order valence-electron chi connectivity index (χ2n) is 6.19. The van der Waals surface area contributed by atoms with Crippen LogP contribution in [0.15, 0.2) is 0 Å². The van der Waals surface area contributed by atoms with Gasteiger partial charge >= 0.3 is 6.03 Å². The molecule has 4 heteroatoms. The first kappa shape index (κ1) is 18.0. The fourth-order valence-corrected chi connectivity index (χ4v) is 2.84. The molecule has 0 atom stereocenters. The van der Waals surface area contributed by atoms with Crippen LogP contribution in [0, 0.1) is 0 Å². The maximum atomic E-state index is 11.7. The molecule has 2 amide bonds. The fourth-order valence-electron chi connectivity index (χ4n) is 2.84. The topological polar surface area (TPSA) is 58.2 Å². The fraction of sp³-hybridized carbons (Fsp3) is 0.882. The van der Waals surface area contributed by atoms with Gasteiger partial charge in [0, 0.05) is 25.4 Å². The Morgan fingerprint density at radius 2 is 1.67 bits per heavy atom. The summed E-state index contributed by atoms with van der Waals surface area (Å²) in [5.74, 6) is 0.334. The minimum absolute atomic E-state index is 0.0719. The van der Waals surface area contributed by atoms with Gasteiger partial charge in [0.15, 0.2) is 0 Å². The molecule has 0 saturated heterocycles. The summed E-state index contributed by atoms with van der Waals surface area (Å²) >= 11 is 0. The van der Waals surface area contributed by atoms with Crippen molar-refractivity contribution in [3.63, 3.8) is 0 Å². The number of hydrogen-bond donors (Lipinski definition) is 2. The Morgan fingerprint density at radius 3 is 2.38 bits per heavy atom. The zero-order valence-corrected chi connectivity index (χ0v) is 13.6. The smallest absolute Gasteiger partial charge is 0.315 e. The van der Waals surface area contributed by atoms with Crippen molar-refractivity contribution in [1.82, 2.24) is 10.6 Å². The zero-order chi connectivity index (χ0) is 15.3. The van der Waals surface area contributed by atoms with Gasteiger partial charge in [-0.3, -0.25) is 4.79 Å². The first-order valence-corrected chi connectivity index (χ1v) is 8.78. The van der Waals surface area contributed by atoms with Crippen molar-refractivity contribution in [2.75, 3.05) is 6.54 Å². The molecule has 122 valence electrons. The monoisotopic (exact) mass is 296 g/mol. The maximum Gasteiger partial charge on any atom is 0.315 e. The highest BCUT2D eigenvalue weighted by molar-refractivity contribution is 5.78. The third kappa shape index (κ3) is 9.48. The van der Waals surface area contributed by atoms with Crippen LogP contribution < -0.4 is 10.6 Å². The Hall–Kier alpha value is -1.06. The number of hydrogen-bond acceptors (Lipinski definition) is 2. The molecule has 0 heterocycles. The lowest BCUT2D eigenvalue weighted by Crippen LogP contribution is -2.43. The van der Waals surface area contributed by atoms with Gasteiger partial charge in [-0.2, -0.15) is 0 Å². The van der Waals surface area contributed by atoms with E-state index in [2.05, 4.69) is 17.6 Å².